The van der Waals surface area contributed by atoms with Crippen molar-refractivity contribution in [1.82, 2.24) is 9.38 Å². The average molecular weight is 230 g/mol. The molecule has 0 unspecified atom stereocenters. The molecule has 5 heteroatoms. The lowest BCUT2D eigenvalue weighted by Crippen LogP contribution is -1.95. The van der Waals surface area contributed by atoms with Crippen molar-refractivity contribution in [1.29, 1.82) is 0 Å². The predicted octanol–water partition coefficient (Wildman–Crippen LogP) is 2.79. The predicted molar refractivity (Wildman–Crippen MR) is 59.0 cm³/mol. The van der Waals surface area contributed by atoms with E-state index in [4.69, 9.17) is 28.9 Å². The Hall–Kier alpha value is -0.930. The molecule has 0 radical (unpaired) electrons. The van der Waals surface area contributed by atoms with Crippen molar-refractivity contribution in [2.45, 2.75) is 13.3 Å². The molecule has 0 fully saturated rings. The molecule has 0 atom stereocenters. The molecule has 2 N–H and O–H groups in total. The van der Waals surface area contributed by atoms with Gasteiger partial charge in [0.25, 0.3) is 0 Å². The number of nitrogens with two attached hydrogens (primary N) is 1. The number of anilines is 1. The Morgan fingerprint density at radius 3 is 2.86 bits per heavy atom. The van der Waals surface area contributed by atoms with Gasteiger partial charge in [0.05, 0.1) is 15.7 Å². The van der Waals surface area contributed by atoms with Crippen molar-refractivity contribution in [2.24, 2.45) is 0 Å². The summed E-state index contributed by atoms with van der Waals surface area (Å²) in [5.74, 6) is 0.604. The second-order valence-corrected chi connectivity index (χ2v) is 3.84. The van der Waals surface area contributed by atoms with Gasteiger partial charge in [-0.15, -0.1) is 0 Å². The molecule has 0 aliphatic carbocycles. The molecule has 0 saturated heterocycles. The van der Waals surface area contributed by atoms with Crippen LogP contribution in [0.3, 0.4) is 0 Å². The summed E-state index contributed by atoms with van der Waals surface area (Å²) >= 11 is 11.8. The van der Waals surface area contributed by atoms with Crippen LogP contribution in [0.1, 0.15) is 12.6 Å². The first kappa shape index (κ1) is 9.62. The maximum absolute atomic E-state index is 5.98. The Bertz CT molecular complexity index is 490. The number of fused-ring (bicyclic) bond motifs is 1. The van der Waals surface area contributed by atoms with Crippen LogP contribution in [0, 0.1) is 0 Å². The van der Waals surface area contributed by atoms with Gasteiger partial charge in [-0.2, -0.15) is 0 Å². The highest BCUT2D eigenvalue weighted by atomic mass is 35.5. The van der Waals surface area contributed by atoms with Gasteiger partial charge in [-0.3, -0.25) is 4.40 Å². The van der Waals surface area contributed by atoms with Gasteiger partial charge in [0.1, 0.15) is 5.82 Å². The number of aromatic nitrogens is 2. The number of aryl methyl sites for hydroxylation is 1. The summed E-state index contributed by atoms with van der Waals surface area (Å²) in [4.78, 5) is 4.32. The molecule has 0 bridgehead atoms. The van der Waals surface area contributed by atoms with Crippen LogP contribution in [-0.2, 0) is 6.42 Å². The third-order valence-corrected chi connectivity index (χ3v) is 2.57. The highest BCUT2D eigenvalue weighted by molar-refractivity contribution is 6.36. The molecule has 0 aliphatic rings. The van der Waals surface area contributed by atoms with E-state index in [1.807, 2.05) is 6.92 Å². The van der Waals surface area contributed by atoms with Crippen molar-refractivity contribution in [3.8, 4) is 0 Å². The zero-order valence-electron chi connectivity index (χ0n) is 7.59. The van der Waals surface area contributed by atoms with E-state index < -0.39 is 0 Å². The van der Waals surface area contributed by atoms with E-state index in [-0.39, 0.29) is 0 Å². The lowest BCUT2D eigenvalue weighted by atomic mass is 10.3. The maximum atomic E-state index is 5.98. The van der Waals surface area contributed by atoms with Gasteiger partial charge >= 0.3 is 0 Å². The Labute approximate surface area is 91.4 Å². The topological polar surface area (TPSA) is 43.3 Å². The quantitative estimate of drug-likeness (QED) is 0.818. The molecule has 2 aromatic heterocycles. The van der Waals surface area contributed by atoms with Crippen molar-refractivity contribution in [3.63, 3.8) is 0 Å². The second-order valence-electron chi connectivity index (χ2n) is 3.00. The number of imidazole rings is 1. The molecule has 0 aliphatic heterocycles. The first-order valence-corrected chi connectivity index (χ1v) is 5.00. The summed E-state index contributed by atoms with van der Waals surface area (Å²) in [6.45, 7) is 1.99. The average Bonchev–Trinajstić information content (AvgIpc) is 2.44. The van der Waals surface area contributed by atoms with Crippen LogP contribution < -0.4 is 5.73 Å². The fourth-order valence-electron chi connectivity index (χ4n) is 1.40. The standard InChI is InChI=1S/C9H9Cl2N3/c1-2-7-8(12)14-4-5(10)3-6(11)9(14)13-7/h3-4H,2,12H2,1H3. The summed E-state index contributed by atoms with van der Waals surface area (Å²) in [7, 11) is 0. The molecule has 2 rings (SSSR count). The van der Waals surface area contributed by atoms with Gasteiger partial charge in [0.15, 0.2) is 5.65 Å². The Morgan fingerprint density at radius 2 is 2.21 bits per heavy atom. The van der Waals surface area contributed by atoms with Crippen molar-refractivity contribution >= 4 is 34.7 Å². The zero-order chi connectivity index (χ0) is 10.3. The number of halogens is 2. The lowest BCUT2D eigenvalue weighted by Gasteiger charge is -1.99. The SMILES string of the molecule is CCc1nc2c(Cl)cc(Cl)cn2c1N. The fraction of sp³-hybridized carbons (Fsp3) is 0.222. The normalized spacial score (nSPS) is 11.1. The summed E-state index contributed by atoms with van der Waals surface area (Å²) in [6.07, 6.45) is 2.49. The smallest absolute Gasteiger partial charge is 0.157 e. The van der Waals surface area contributed by atoms with Crippen LogP contribution in [0.15, 0.2) is 12.3 Å². The Balaban J connectivity index is 2.85. The largest absolute Gasteiger partial charge is 0.383 e. The van der Waals surface area contributed by atoms with Crippen LogP contribution in [-0.4, -0.2) is 9.38 Å². The van der Waals surface area contributed by atoms with Crippen LogP contribution >= 0.6 is 23.2 Å². The van der Waals surface area contributed by atoms with E-state index >= 15 is 0 Å². The van der Waals surface area contributed by atoms with E-state index in [0.29, 0.717) is 21.5 Å². The first-order valence-electron chi connectivity index (χ1n) is 4.25. The van der Waals surface area contributed by atoms with Crippen molar-refractivity contribution in [2.75, 3.05) is 5.73 Å². The third-order valence-electron chi connectivity index (χ3n) is 2.09. The van der Waals surface area contributed by atoms with Crippen LogP contribution in [0.5, 0.6) is 0 Å². The summed E-state index contributed by atoms with van der Waals surface area (Å²) in [6, 6.07) is 1.66. The van der Waals surface area contributed by atoms with Gasteiger partial charge < -0.3 is 5.73 Å². The number of pyridine rings is 1. The molecule has 2 aromatic rings. The molecule has 14 heavy (non-hydrogen) atoms. The van der Waals surface area contributed by atoms with Crippen LogP contribution in [0.2, 0.25) is 10.0 Å². The fourth-order valence-corrected chi connectivity index (χ4v) is 1.91. The van der Waals surface area contributed by atoms with E-state index in [2.05, 4.69) is 4.98 Å². The van der Waals surface area contributed by atoms with E-state index in [1.54, 1.807) is 16.7 Å². The molecule has 2 heterocycles. The number of hydrogen-bond acceptors (Lipinski definition) is 2. The van der Waals surface area contributed by atoms with Crippen molar-refractivity contribution in [3.05, 3.63) is 28.0 Å². The molecule has 0 amide bonds. The lowest BCUT2D eigenvalue weighted by molar-refractivity contribution is 1.07. The van der Waals surface area contributed by atoms with Gasteiger partial charge in [-0.05, 0) is 12.5 Å². The number of nitrogens with zero attached hydrogens (tertiary/aromatic N) is 2. The molecular formula is C9H9Cl2N3. The summed E-state index contributed by atoms with van der Waals surface area (Å²) in [5, 5.41) is 1.07. The monoisotopic (exact) mass is 229 g/mol. The van der Waals surface area contributed by atoms with E-state index in [9.17, 15) is 0 Å². The van der Waals surface area contributed by atoms with Gasteiger partial charge in [0, 0.05) is 6.20 Å². The van der Waals surface area contributed by atoms with Crippen molar-refractivity contribution < 1.29 is 0 Å². The highest BCUT2D eigenvalue weighted by Crippen LogP contribution is 2.25. The zero-order valence-corrected chi connectivity index (χ0v) is 9.10. The van der Waals surface area contributed by atoms with Gasteiger partial charge in [-0.25, -0.2) is 4.98 Å². The Morgan fingerprint density at radius 1 is 1.50 bits per heavy atom. The minimum atomic E-state index is 0.518. The molecule has 0 spiro atoms. The molecule has 3 nitrogen and oxygen atoms in total. The third kappa shape index (κ3) is 1.33. The molecule has 74 valence electrons. The van der Waals surface area contributed by atoms with Crippen LogP contribution in [0.25, 0.3) is 5.65 Å². The molecule has 0 aromatic carbocycles. The minimum absolute atomic E-state index is 0.518. The summed E-state index contributed by atoms with van der Waals surface area (Å²) in [5.41, 5.74) is 7.37. The maximum Gasteiger partial charge on any atom is 0.157 e. The highest BCUT2D eigenvalue weighted by Gasteiger charge is 2.10. The van der Waals surface area contributed by atoms with Gasteiger partial charge in [-0.1, -0.05) is 30.1 Å². The molecule has 0 saturated carbocycles. The molecular weight excluding hydrogens is 221 g/mol. The van der Waals surface area contributed by atoms with Crippen LogP contribution in [0.4, 0.5) is 5.82 Å². The Kier molecular flexibility index (Phi) is 2.29. The first-order chi connectivity index (χ1) is 6.63. The summed E-state index contributed by atoms with van der Waals surface area (Å²) < 4.78 is 1.71. The number of hydrogen-bond donors (Lipinski definition) is 1. The van der Waals surface area contributed by atoms with E-state index in [1.165, 1.54) is 0 Å². The van der Waals surface area contributed by atoms with Gasteiger partial charge in [0.2, 0.25) is 0 Å². The minimum Gasteiger partial charge on any atom is -0.383 e. The number of nitrogen functional groups attached to an aromatic ring is 1. The van der Waals surface area contributed by atoms with E-state index in [0.717, 1.165) is 12.1 Å². The second kappa shape index (κ2) is 3.33. The number of rotatable bonds is 1.